The van der Waals surface area contributed by atoms with Gasteiger partial charge in [-0.15, -0.1) is 0 Å². The monoisotopic (exact) mass is 205 g/mol. The maximum atomic E-state index is 8.56. The van der Waals surface area contributed by atoms with E-state index in [1.807, 2.05) is 25.1 Å². The lowest BCUT2D eigenvalue weighted by Gasteiger charge is -2.07. The van der Waals surface area contributed by atoms with Gasteiger partial charge in [-0.05, 0) is 25.6 Å². The second-order valence-electron chi connectivity index (χ2n) is 3.15. The average Bonchev–Trinajstić information content (AvgIpc) is 2.28. The van der Waals surface area contributed by atoms with Crippen LogP contribution in [-0.2, 0) is 6.54 Å². The molecule has 0 saturated heterocycles. The van der Waals surface area contributed by atoms with Crippen molar-refractivity contribution in [3.63, 3.8) is 0 Å². The molecule has 0 radical (unpaired) electrons. The van der Waals surface area contributed by atoms with Gasteiger partial charge >= 0.3 is 0 Å². The fraction of sp³-hybridized carbons (Fsp3) is 0.455. The molecule has 4 nitrogen and oxygen atoms in total. The van der Waals surface area contributed by atoms with Crippen LogP contribution in [0.15, 0.2) is 18.3 Å². The summed E-state index contributed by atoms with van der Waals surface area (Å²) in [4.78, 5) is 4.21. The number of nitrogens with zero attached hydrogens (tertiary/aromatic N) is 2. The van der Waals surface area contributed by atoms with Crippen molar-refractivity contribution in [3.8, 4) is 11.8 Å². The van der Waals surface area contributed by atoms with E-state index >= 15 is 0 Å². The molecule has 0 fully saturated rings. The highest BCUT2D eigenvalue weighted by molar-refractivity contribution is 5.20. The summed E-state index contributed by atoms with van der Waals surface area (Å²) in [6, 6.07) is 5.72. The predicted molar refractivity (Wildman–Crippen MR) is 57.3 cm³/mol. The van der Waals surface area contributed by atoms with Crippen molar-refractivity contribution in [3.05, 3.63) is 24.0 Å². The summed E-state index contributed by atoms with van der Waals surface area (Å²) >= 11 is 0. The van der Waals surface area contributed by atoms with Crippen LogP contribution in [0, 0.1) is 11.3 Å². The second kappa shape index (κ2) is 5.99. The summed E-state index contributed by atoms with van der Waals surface area (Å²) in [6.07, 6.45) is 1.20. The minimum atomic E-state index is -0.439. The van der Waals surface area contributed by atoms with Crippen molar-refractivity contribution in [1.82, 2.24) is 10.3 Å². The molecule has 0 aliphatic carbocycles. The van der Waals surface area contributed by atoms with Gasteiger partial charge in [0, 0.05) is 6.54 Å². The van der Waals surface area contributed by atoms with Crippen LogP contribution in [0.4, 0.5) is 0 Å². The van der Waals surface area contributed by atoms with E-state index < -0.39 is 6.10 Å². The zero-order chi connectivity index (χ0) is 11.1. The highest BCUT2D eigenvalue weighted by Gasteiger charge is 2.01. The van der Waals surface area contributed by atoms with Crippen LogP contribution in [0.1, 0.15) is 19.5 Å². The Morgan fingerprint density at radius 1 is 1.60 bits per heavy atom. The van der Waals surface area contributed by atoms with Crippen molar-refractivity contribution in [1.29, 1.82) is 5.26 Å². The van der Waals surface area contributed by atoms with Crippen LogP contribution in [0.25, 0.3) is 0 Å². The summed E-state index contributed by atoms with van der Waals surface area (Å²) in [5.74, 6) is 0.629. The molecular formula is C11H15N3O. The van der Waals surface area contributed by atoms with Crippen molar-refractivity contribution in [2.45, 2.75) is 26.5 Å². The van der Waals surface area contributed by atoms with E-state index in [0.29, 0.717) is 5.75 Å². The third-order valence-corrected chi connectivity index (χ3v) is 1.85. The lowest BCUT2D eigenvalue weighted by atomic mass is 10.3. The smallest absolute Gasteiger partial charge is 0.181 e. The van der Waals surface area contributed by atoms with Gasteiger partial charge < -0.3 is 10.1 Å². The molecule has 1 atom stereocenters. The van der Waals surface area contributed by atoms with E-state index in [4.69, 9.17) is 10.00 Å². The molecule has 4 heteroatoms. The number of ether oxygens (including phenoxy) is 1. The molecule has 80 valence electrons. The molecule has 0 amide bonds. The number of nitriles is 1. The van der Waals surface area contributed by atoms with Crippen molar-refractivity contribution in [2.75, 3.05) is 6.54 Å². The summed E-state index contributed by atoms with van der Waals surface area (Å²) in [7, 11) is 0. The minimum absolute atomic E-state index is 0.439. The molecule has 1 rings (SSSR count). The molecule has 0 aliphatic heterocycles. The molecule has 0 aromatic carbocycles. The summed E-state index contributed by atoms with van der Waals surface area (Å²) in [5, 5.41) is 11.7. The first-order valence-corrected chi connectivity index (χ1v) is 4.98. The highest BCUT2D eigenvalue weighted by Crippen LogP contribution is 2.10. The van der Waals surface area contributed by atoms with E-state index in [2.05, 4.69) is 10.3 Å². The topological polar surface area (TPSA) is 57.9 Å². The van der Waals surface area contributed by atoms with Crippen LogP contribution in [0.2, 0.25) is 0 Å². The first-order chi connectivity index (χ1) is 7.26. The molecule has 0 aliphatic rings. The molecule has 0 spiro atoms. The number of hydrogen-bond acceptors (Lipinski definition) is 4. The van der Waals surface area contributed by atoms with Gasteiger partial charge in [0.15, 0.2) is 6.10 Å². The van der Waals surface area contributed by atoms with Crippen LogP contribution < -0.4 is 10.1 Å². The standard InChI is InChI=1S/C11H15N3O/c1-3-13-7-10-4-5-11(8-14-10)15-9(2)6-12/h4-5,8-9,13H,3,7H2,1-2H3. The molecule has 15 heavy (non-hydrogen) atoms. The van der Waals surface area contributed by atoms with Gasteiger partial charge in [-0.3, -0.25) is 4.98 Å². The Morgan fingerprint density at radius 2 is 2.40 bits per heavy atom. The highest BCUT2D eigenvalue weighted by atomic mass is 16.5. The molecule has 1 heterocycles. The first kappa shape index (κ1) is 11.5. The van der Waals surface area contributed by atoms with Crippen LogP contribution in [-0.4, -0.2) is 17.6 Å². The van der Waals surface area contributed by atoms with Crippen molar-refractivity contribution in [2.24, 2.45) is 0 Å². The predicted octanol–water partition coefficient (Wildman–Crippen LogP) is 1.48. The van der Waals surface area contributed by atoms with Gasteiger partial charge in [-0.25, -0.2) is 0 Å². The second-order valence-corrected chi connectivity index (χ2v) is 3.15. The Balaban J connectivity index is 2.53. The van der Waals surface area contributed by atoms with Gasteiger partial charge in [-0.1, -0.05) is 6.92 Å². The molecule has 1 unspecified atom stereocenters. The fourth-order valence-electron chi connectivity index (χ4n) is 1.07. The van der Waals surface area contributed by atoms with Gasteiger partial charge in [0.2, 0.25) is 0 Å². The third-order valence-electron chi connectivity index (χ3n) is 1.85. The third kappa shape index (κ3) is 3.96. The zero-order valence-corrected chi connectivity index (χ0v) is 9.03. The lowest BCUT2D eigenvalue weighted by Crippen LogP contribution is -2.13. The Kier molecular flexibility index (Phi) is 4.58. The fourth-order valence-corrected chi connectivity index (χ4v) is 1.07. The molecule has 1 aromatic rings. The quantitative estimate of drug-likeness (QED) is 0.791. The van der Waals surface area contributed by atoms with E-state index in [1.54, 1.807) is 13.1 Å². The summed E-state index contributed by atoms with van der Waals surface area (Å²) < 4.78 is 5.28. The summed E-state index contributed by atoms with van der Waals surface area (Å²) in [5.41, 5.74) is 0.966. The van der Waals surface area contributed by atoms with Crippen molar-refractivity contribution >= 4 is 0 Å². The Hall–Kier alpha value is -1.60. The number of aromatic nitrogens is 1. The molecule has 0 saturated carbocycles. The van der Waals surface area contributed by atoms with E-state index in [-0.39, 0.29) is 0 Å². The largest absolute Gasteiger partial charge is 0.474 e. The Bertz CT molecular complexity index is 329. The maximum absolute atomic E-state index is 8.56. The van der Waals surface area contributed by atoms with E-state index in [9.17, 15) is 0 Å². The average molecular weight is 205 g/mol. The van der Waals surface area contributed by atoms with Crippen LogP contribution in [0.3, 0.4) is 0 Å². The minimum Gasteiger partial charge on any atom is -0.474 e. The van der Waals surface area contributed by atoms with Gasteiger partial charge in [0.25, 0.3) is 0 Å². The van der Waals surface area contributed by atoms with E-state index in [1.165, 1.54) is 0 Å². The lowest BCUT2D eigenvalue weighted by molar-refractivity contribution is 0.275. The first-order valence-electron chi connectivity index (χ1n) is 4.98. The van der Waals surface area contributed by atoms with Crippen molar-refractivity contribution < 1.29 is 4.74 Å². The van der Waals surface area contributed by atoms with Gasteiger partial charge in [0.05, 0.1) is 11.9 Å². The molecule has 0 bridgehead atoms. The summed E-state index contributed by atoms with van der Waals surface area (Å²) in [6.45, 7) is 5.43. The normalized spacial score (nSPS) is 11.8. The Labute approximate surface area is 89.9 Å². The SMILES string of the molecule is CCNCc1ccc(OC(C)C#N)cn1. The zero-order valence-electron chi connectivity index (χ0n) is 9.03. The molecule has 1 N–H and O–H groups in total. The van der Waals surface area contributed by atoms with Crippen LogP contribution in [0.5, 0.6) is 5.75 Å². The van der Waals surface area contributed by atoms with Gasteiger partial charge in [-0.2, -0.15) is 5.26 Å². The number of hydrogen-bond donors (Lipinski definition) is 1. The Morgan fingerprint density at radius 3 is 2.93 bits per heavy atom. The van der Waals surface area contributed by atoms with Gasteiger partial charge in [0.1, 0.15) is 11.8 Å². The maximum Gasteiger partial charge on any atom is 0.181 e. The molecular weight excluding hydrogens is 190 g/mol. The van der Waals surface area contributed by atoms with E-state index in [0.717, 1.165) is 18.8 Å². The number of nitrogens with one attached hydrogen (secondary N) is 1. The number of rotatable bonds is 5. The van der Waals surface area contributed by atoms with Crippen LogP contribution >= 0.6 is 0 Å². The number of pyridine rings is 1. The molecule has 1 aromatic heterocycles.